The van der Waals surface area contributed by atoms with Gasteiger partial charge in [-0.15, -0.1) is 0 Å². The highest BCUT2D eigenvalue weighted by atomic mass is 16.5. The summed E-state index contributed by atoms with van der Waals surface area (Å²) in [5.41, 5.74) is 1.48. The van der Waals surface area contributed by atoms with Crippen LogP contribution in [0.4, 0.5) is 0 Å². The van der Waals surface area contributed by atoms with Crippen LogP contribution in [0.15, 0.2) is 42.5 Å². The molecule has 4 heteroatoms. The van der Waals surface area contributed by atoms with Gasteiger partial charge in [0.25, 0.3) is 0 Å². The van der Waals surface area contributed by atoms with E-state index in [0.717, 1.165) is 12.1 Å². The van der Waals surface area contributed by atoms with Crippen molar-refractivity contribution in [3.63, 3.8) is 0 Å². The second-order valence-corrected chi connectivity index (χ2v) is 3.75. The van der Waals surface area contributed by atoms with Crippen LogP contribution in [-0.4, -0.2) is 12.0 Å². The van der Waals surface area contributed by atoms with E-state index in [9.17, 15) is 0 Å². The normalized spacial score (nSPS) is 9.78. The lowest BCUT2D eigenvalue weighted by atomic mass is 10.2. The summed E-state index contributed by atoms with van der Waals surface area (Å²) in [6, 6.07) is 14.8. The molecule has 0 aliphatic rings. The summed E-state index contributed by atoms with van der Waals surface area (Å²) in [5.74, 6) is 1.14. The minimum absolute atomic E-state index is 0.346. The van der Waals surface area contributed by atoms with Crippen molar-refractivity contribution < 1.29 is 4.74 Å². The van der Waals surface area contributed by atoms with Gasteiger partial charge in [0.15, 0.2) is 0 Å². The second kappa shape index (κ2) is 5.80. The molecule has 4 nitrogen and oxygen atoms in total. The number of ether oxygens (including phenoxy) is 1. The number of nitrogens with one attached hydrogen (secondary N) is 1. The number of rotatable bonds is 4. The third-order valence-electron chi connectivity index (χ3n) is 2.34. The SMILES string of the molecule is CNCc1cccc(Oc2cccc(C#N)n2)c1. The maximum atomic E-state index is 8.77. The van der Waals surface area contributed by atoms with Crippen LogP contribution in [0.5, 0.6) is 11.6 Å². The first-order valence-electron chi connectivity index (χ1n) is 5.60. The summed E-state index contributed by atoms with van der Waals surface area (Å²) in [6.07, 6.45) is 0. The van der Waals surface area contributed by atoms with Gasteiger partial charge in [-0.2, -0.15) is 5.26 Å². The van der Waals surface area contributed by atoms with Crippen LogP contribution in [0, 0.1) is 11.3 Å². The Morgan fingerprint density at radius 3 is 2.89 bits per heavy atom. The summed E-state index contributed by atoms with van der Waals surface area (Å²) in [7, 11) is 1.89. The number of hydrogen-bond acceptors (Lipinski definition) is 4. The molecule has 90 valence electrons. The van der Waals surface area contributed by atoms with Crippen LogP contribution in [0.2, 0.25) is 0 Å². The van der Waals surface area contributed by atoms with Crippen LogP contribution < -0.4 is 10.1 Å². The van der Waals surface area contributed by atoms with E-state index in [2.05, 4.69) is 10.3 Å². The van der Waals surface area contributed by atoms with Gasteiger partial charge in [-0.3, -0.25) is 0 Å². The Hall–Kier alpha value is -2.38. The Bertz CT molecular complexity index is 575. The monoisotopic (exact) mass is 239 g/mol. The van der Waals surface area contributed by atoms with Gasteiger partial charge >= 0.3 is 0 Å². The quantitative estimate of drug-likeness (QED) is 0.890. The molecule has 1 heterocycles. The average Bonchev–Trinajstić information content (AvgIpc) is 2.40. The first-order valence-corrected chi connectivity index (χ1v) is 5.60. The summed E-state index contributed by atoms with van der Waals surface area (Å²) in [5, 5.41) is 11.8. The highest BCUT2D eigenvalue weighted by molar-refractivity contribution is 5.33. The summed E-state index contributed by atoms with van der Waals surface area (Å²) >= 11 is 0. The number of hydrogen-bond donors (Lipinski definition) is 1. The third-order valence-corrected chi connectivity index (χ3v) is 2.34. The number of benzene rings is 1. The van der Waals surface area contributed by atoms with Crippen LogP contribution in [-0.2, 0) is 6.54 Å². The molecule has 18 heavy (non-hydrogen) atoms. The molecule has 0 atom stereocenters. The van der Waals surface area contributed by atoms with E-state index in [1.54, 1.807) is 18.2 Å². The highest BCUT2D eigenvalue weighted by Crippen LogP contribution is 2.20. The molecule has 1 aromatic carbocycles. The molecule has 1 aromatic heterocycles. The van der Waals surface area contributed by atoms with Crippen molar-refractivity contribution >= 4 is 0 Å². The van der Waals surface area contributed by atoms with Crippen molar-refractivity contribution in [3.05, 3.63) is 53.7 Å². The molecule has 0 unspecified atom stereocenters. The van der Waals surface area contributed by atoms with E-state index in [1.165, 1.54) is 0 Å². The fraction of sp³-hybridized carbons (Fsp3) is 0.143. The molecule has 0 aliphatic carbocycles. The van der Waals surface area contributed by atoms with Crippen LogP contribution in [0.25, 0.3) is 0 Å². The Kier molecular flexibility index (Phi) is 3.90. The van der Waals surface area contributed by atoms with Gasteiger partial charge in [0.1, 0.15) is 17.5 Å². The Balaban J connectivity index is 2.18. The molecule has 0 fully saturated rings. The molecule has 0 radical (unpaired) electrons. The van der Waals surface area contributed by atoms with E-state index >= 15 is 0 Å². The van der Waals surface area contributed by atoms with Gasteiger partial charge in [0, 0.05) is 12.6 Å². The molecule has 0 saturated heterocycles. The van der Waals surface area contributed by atoms with Gasteiger partial charge in [-0.1, -0.05) is 18.2 Å². The lowest BCUT2D eigenvalue weighted by Crippen LogP contribution is -2.04. The standard InChI is InChI=1S/C14H13N3O/c1-16-10-11-4-2-6-13(8-11)18-14-7-3-5-12(9-15)17-14/h2-8,16H,10H2,1H3. The summed E-state index contributed by atoms with van der Waals surface area (Å²) in [4.78, 5) is 4.06. The summed E-state index contributed by atoms with van der Waals surface area (Å²) in [6.45, 7) is 0.781. The van der Waals surface area contributed by atoms with E-state index in [0.29, 0.717) is 17.3 Å². The van der Waals surface area contributed by atoms with Gasteiger partial charge < -0.3 is 10.1 Å². The van der Waals surface area contributed by atoms with Crippen molar-refractivity contribution in [1.82, 2.24) is 10.3 Å². The fourth-order valence-electron chi connectivity index (χ4n) is 1.58. The van der Waals surface area contributed by atoms with Gasteiger partial charge in [-0.05, 0) is 30.8 Å². The Morgan fingerprint density at radius 2 is 2.11 bits per heavy atom. The maximum Gasteiger partial charge on any atom is 0.220 e. The molecule has 2 aromatic rings. The Morgan fingerprint density at radius 1 is 1.28 bits per heavy atom. The molecular formula is C14H13N3O. The number of pyridine rings is 1. The molecule has 2 rings (SSSR count). The molecule has 0 aliphatic heterocycles. The van der Waals surface area contributed by atoms with Crippen LogP contribution >= 0.6 is 0 Å². The molecule has 0 bridgehead atoms. The van der Waals surface area contributed by atoms with Crippen LogP contribution in [0.3, 0.4) is 0 Å². The van der Waals surface area contributed by atoms with E-state index in [1.807, 2.05) is 37.4 Å². The summed E-state index contributed by atoms with van der Waals surface area (Å²) < 4.78 is 5.62. The van der Waals surface area contributed by atoms with Crippen molar-refractivity contribution in [2.45, 2.75) is 6.54 Å². The molecule has 1 N–H and O–H groups in total. The lowest BCUT2D eigenvalue weighted by Gasteiger charge is -2.06. The second-order valence-electron chi connectivity index (χ2n) is 3.75. The van der Waals surface area contributed by atoms with Crippen molar-refractivity contribution in [3.8, 4) is 17.7 Å². The van der Waals surface area contributed by atoms with Gasteiger partial charge in [0.2, 0.25) is 5.88 Å². The first-order chi connectivity index (χ1) is 8.81. The van der Waals surface area contributed by atoms with Crippen LogP contribution in [0.1, 0.15) is 11.3 Å². The number of nitriles is 1. The maximum absolute atomic E-state index is 8.77. The number of nitrogens with zero attached hydrogens (tertiary/aromatic N) is 2. The number of aromatic nitrogens is 1. The zero-order valence-electron chi connectivity index (χ0n) is 10.1. The minimum atomic E-state index is 0.346. The van der Waals surface area contributed by atoms with E-state index in [-0.39, 0.29) is 0 Å². The lowest BCUT2D eigenvalue weighted by molar-refractivity contribution is 0.461. The minimum Gasteiger partial charge on any atom is -0.439 e. The van der Waals surface area contributed by atoms with Gasteiger partial charge in [-0.25, -0.2) is 4.98 Å². The predicted molar refractivity (Wildman–Crippen MR) is 68.2 cm³/mol. The Labute approximate surface area is 106 Å². The van der Waals surface area contributed by atoms with Crippen molar-refractivity contribution in [2.75, 3.05) is 7.05 Å². The predicted octanol–water partition coefficient (Wildman–Crippen LogP) is 2.46. The van der Waals surface area contributed by atoms with E-state index in [4.69, 9.17) is 10.00 Å². The average molecular weight is 239 g/mol. The van der Waals surface area contributed by atoms with E-state index < -0.39 is 0 Å². The van der Waals surface area contributed by atoms with Crippen molar-refractivity contribution in [2.24, 2.45) is 0 Å². The molecule has 0 amide bonds. The topological polar surface area (TPSA) is 57.9 Å². The van der Waals surface area contributed by atoms with Crippen molar-refractivity contribution in [1.29, 1.82) is 5.26 Å². The highest BCUT2D eigenvalue weighted by Gasteiger charge is 2.01. The van der Waals surface area contributed by atoms with Gasteiger partial charge in [0.05, 0.1) is 0 Å². The zero-order valence-corrected chi connectivity index (χ0v) is 10.1. The smallest absolute Gasteiger partial charge is 0.220 e. The third kappa shape index (κ3) is 3.06. The fourth-order valence-corrected chi connectivity index (χ4v) is 1.58. The first kappa shape index (κ1) is 12.1. The zero-order chi connectivity index (χ0) is 12.8. The molecule has 0 saturated carbocycles. The molecule has 0 spiro atoms. The largest absolute Gasteiger partial charge is 0.439 e. The molecular weight excluding hydrogens is 226 g/mol.